The standard InChI is InChI=1S/C27H35N3/c1-18(2)14-26(30)27(19(3)4)20(5)15-24-16-22(17-29)8-11-25(24)23-9-6-21(7-10-23)12-13-28/h6-11,16,18-19,30H,12-15,28H2,1-5H3/b27-20+,30-26?. The molecule has 3 nitrogen and oxygen atoms in total. The van der Waals surface area contributed by atoms with Crippen LogP contribution in [0.3, 0.4) is 0 Å². The second-order valence-corrected chi connectivity index (χ2v) is 8.82. The number of nitrogens with two attached hydrogens (primary N) is 1. The Bertz CT molecular complexity index is 941. The highest BCUT2D eigenvalue weighted by Gasteiger charge is 2.16. The number of benzene rings is 2. The van der Waals surface area contributed by atoms with E-state index >= 15 is 0 Å². The molecule has 3 N–H and O–H groups in total. The van der Waals surface area contributed by atoms with Crippen molar-refractivity contribution in [3.63, 3.8) is 0 Å². The summed E-state index contributed by atoms with van der Waals surface area (Å²) in [4.78, 5) is 0. The molecule has 0 fully saturated rings. The van der Waals surface area contributed by atoms with E-state index in [0.717, 1.165) is 47.2 Å². The van der Waals surface area contributed by atoms with E-state index in [1.165, 1.54) is 11.1 Å². The highest BCUT2D eigenvalue weighted by molar-refractivity contribution is 5.98. The summed E-state index contributed by atoms with van der Waals surface area (Å²) in [6.45, 7) is 11.4. The summed E-state index contributed by atoms with van der Waals surface area (Å²) >= 11 is 0. The number of nitrogens with zero attached hydrogens (tertiary/aromatic N) is 1. The summed E-state index contributed by atoms with van der Waals surface area (Å²) in [7, 11) is 0. The van der Waals surface area contributed by atoms with E-state index in [-0.39, 0.29) is 0 Å². The average Bonchev–Trinajstić information content (AvgIpc) is 2.68. The van der Waals surface area contributed by atoms with Gasteiger partial charge in [0.2, 0.25) is 0 Å². The Morgan fingerprint density at radius 3 is 2.27 bits per heavy atom. The number of allylic oxidation sites excluding steroid dienone is 2. The van der Waals surface area contributed by atoms with Crippen molar-refractivity contribution in [3.8, 4) is 17.2 Å². The van der Waals surface area contributed by atoms with Crippen LogP contribution in [-0.4, -0.2) is 12.3 Å². The Hall–Kier alpha value is -2.70. The van der Waals surface area contributed by atoms with Gasteiger partial charge in [0, 0.05) is 5.71 Å². The Balaban J connectivity index is 2.48. The van der Waals surface area contributed by atoms with Gasteiger partial charge < -0.3 is 11.1 Å². The van der Waals surface area contributed by atoms with E-state index in [9.17, 15) is 5.26 Å². The van der Waals surface area contributed by atoms with Gasteiger partial charge >= 0.3 is 0 Å². The van der Waals surface area contributed by atoms with E-state index in [0.29, 0.717) is 23.9 Å². The van der Waals surface area contributed by atoms with Crippen LogP contribution in [-0.2, 0) is 12.8 Å². The maximum Gasteiger partial charge on any atom is 0.0991 e. The smallest absolute Gasteiger partial charge is 0.0991 e. The topological polar surface area (TPSA) is 73.7 Å². The third-order valence-electron chi connectivity index (χ3n) is 5.36. The third kappa shape index (κ3) is 6.15. The molecule has 2 aromatic carbocycles. The fraction of sp³-hybridized carbons (Fsp3) is 0.407. The Labute approximate surface area is 182 Å². The SMILES string of the molecule is C/C(Cc1cc(C#N)ccc1-c1ccc(CCN)cc1)=C(\C(=N)CC(C)C)C(C)C. The molecule has 30 heavy (non-hydrogen) atoms. The molecule has 0 aliphatic heterocycles. The molecule has 0 unspecified atom stereocenters. The molecule has 0 saturated carbocycles. The molecule has 0 aromatic heterocycles. The molecule has 0 aliphatic carbocycles. The van der Waals surface area contributed by atoms with Gasteiger partial charge in [-0.2, -0.15) is 5.26 Å². The number of nitrogens with one attached hydrogen (secondary N) is 1. The number of nitriles is 1. The molecule has 158 valence electrons. The summed E-state index contributed by atoms with van der Waals surface area (Å²) in [6, 6.07) is 16.7. The zero-order valence-corrected chi connectivity index (χ0v) is 19.0. The monoisotopic (exact) mass is 401 g/mol. The molecule has 0 amide bonds. The maximum absolute atomic E-state index is 9.43. The van der Waals surface area contributed by atoms with Crippen LogP contribution in [0.1, 0.15) is 57.7 Å². The average molecular weight is 402 g/mol. The third-order valence-corrected chi connectivity index (χ3v) is 5.36. The molecule has 0 radical (unpaired) electrons. The largest absolute Gasteiger partial charge is 0.330 e. The molecule has 0 saturated heterocycles. The van der Waals surface area contributed by atoms with Crippen molar-refractivity contribution in [1.82, 2.24) is 0 Å². The second kappa shape index (κ2) is 10.9. The van der Waals surface area contributed by atoms with Crippen LogP contribution in [0.25, 0.3) is 11.1 Å². The van der Waals surface area contributed by atoms with Gasteiger partial charge in [-0.25, -0.2) is 0 Å². The summed E-state index contributed by atoms with van der Waals surface area (Å²) in [5.41, 5.74) is 14.1. The minimum absolute atomic E-state index is 0.300. The van der Waals surface area contributed by atoms with Gasteiger partial charge in [0.25, 0.3) is 0 Å². The van der Waals surface area contributed by atoms with Crippen LogP contribution >= 0.6 is 0 Å². The number of rotatable bonds is 9. The number of hydrogen-bond acceptors (Lipinski definition) is 3. The minimum atomic E-state index is 0.300. The Kier molecular flexibility index (Phi) is 8.57. The van der Waals surface area contributed by atoms with Crippen molar-refractivity contribution in [2.75, 3.05) is 6.54 Å². The van der Waals surface area contributed by atoms with E-state index < -0.39 is 0 Å². The van der Waals surface area contributed by atoms with Crippen LogP contribution in [0, 0.1) is 28.6 Å². The van der Waals surface area contributed by atoms with Crippen LogP contribution in [0.4, 0.5) is 0 Å². The summed E-state index contributed by atoms with van der Waals surface area (Å²) in [5.74, 6) is 0.762. The van der Waals surface area contributed by atoms with Crippen LogP contribution < -0.4 is 5.73 Å². The van der Waals surface area contributed by atoms with Gasteiger partial charge in [-0.3, -0.25) is 0 Å². The first-order valence-electron chi connectivity index (χ1n) is 10.9. The molecule has 2 rings (SSSR count). The molecule has 2 aromatic rings. The van der Waals surface area contributed by atoms with Gasteiger partial charge in [0.15, 0.2) is 0 Å². The number of hydrogen-bond donors (Lipinski definition) is 2. The van der Waals surface area contributed by atoms with Crippen LogP contribution in [0.2, 0.25) is 0 Å². The van der Waals surface area contributed by atoms with Gasteiger partial charge in [-0.15, -0.1) is 0 Å². The summed E-state index contributed by atoms with van der Waals surface area (Å²) in [5, 5.41) is 18.1. The zero-order chi connectivity index (χ0) is 22.3. The summed E-state index contributed by atoms with van der Waals surface area (Å²) < 4.78 is 0. The highest BCUT2D eigenvalue weighted by Crippen LogP contribution is 2.30. The van der Waals surface area contributed by atoms with E-state index in [2.05, 4.69) is 65.0 Å². The summed E-state index contributed by atoms with van der Waals surface area (Å²) in [6.07, 6.45) is 2.40. The van der Waals surface area contributed by atoms with Crippen molar-refractivity contribution >= 4 is 5.71 Å². The van der Waals surface area contributed by atoms with E-state index in [1.807, 2.05) is 18.2 Å². The van der Waals surface area contributed by atoms with Crippen molar-refractivity contribution in [2.45, 2.75) is 53.9 Å². The zero-order valence-electron chi connectivity index (χ0n) is 19.0. The van der Waals surface area contributed by atoms with E-state index in [1.54, 1.807) is 0 Å². The lowest BCUT2D eigenvalue weighted by molar-refractivity contribution is 0.672. The Morgan fingerprint density at radius 1 is 1.07 bits per heavy atom. The lowest BCUT2D eigenvalue weighted by Crippen LogP contribution is -2.13. The van der Waals surface area contributed by atoms with Crippen molar-refractivity contribution in [3.05, 3.63) is 70.3 Å². The van der Waals surface area contributed by atoms with Crippen LogP contribution in [0.5, 0.6) is 0 Å². The Morgan fingerprint density at radius 2 is 1.73 bits per heavy atom. The molecular weight excluding hydrogens is 366 g/mol. The van der Waals surface area contributed by atoms with Gasteiger partial charge in [0.05, 0.1) is 11.6 Å². The molecule has 0 aliphatic rings. The molecule has 0 atom stereocenters. The predicted molar refractivity (Wildman–Crippen MR) is 128 cm³/mol. The van der Waals surface area contributed by atoms with Crippen molar-refractivity contribution in [2.24, 2.45) is 17.6 Å². The fourth-order valence-corrected chi connectivity index (χ4v) is 4.11. The van der Waals surface area contributed by atoms with Gasteiger partial charge in [0.1, 0.15) is 0 Å². The maximum atomic E-state index is 9.43. The highest BCUT2D eigenvalue weighted by atomic mass is 14.5. The quantitative estimate of drug-likeness (QED) is 0.483. The van der Waals surface area contributed by atoms with Gasteiger partial charge in [-0.1, -0.05) is 63.6 Å². The second-order valence-electron chi connectivity index (χ2n) is 8.82. The van der Waals surface area contributed by atoms with E-state index in [4.69, 9.17) is 11.1 Å². The molecule has 0 heterocycles. The first-order chi connectivity index (χ1) is 14.3. The predicted octanol–water partition coefficient (Wildman–Crippen LogP) is 6.31. The van der Waals surface area contributed by atoms with Crippen molar-refractivity contribution < 1.29 is 0 Å². The minimum Gasteiger partial charge on any atom is -0.330 e. The normalized spacial score (nSPS) is 12.1. The van der Waals surface area contributed by atoms with Crippen LogP contribution in [0.15, 0.2) is 53.6 Å². The first-order valence-corrected chi connectivity index (χ1v) is 10.9. The van der Waals surface area contributed by atoms with Gasteiger partial charge in [-0.05, 0) is 84.5 Å². The fourth-order valence-electron chi connectivity index (χ4n) is 4.11. The molecule has 0 spiro atoms. The van der Waals surface area contributed by atoms with Crippen molar-refractivity contribution in [1.29, 1.82) is 10.7 Å². The molecule has 0 bridgehead atoms. The molecule has 3 heteroatoms. The lowest BCUT2D eigenvalue weighted by Gasteiger charge is -2.20. The lowest BCUT2D eigenvalue weighted by atomic mass is 9.85. The first kappa shape index (κ1) is 23.6. The molecular formula is C27H35N3.